The summed E-state index contributed by atoms with van der Waals surface area (Å²) in [5.41, 5.74) is 0.887. The lowest BCUT2D eigenvalue weighted by Gasteiger charge is -2.34. The predicted molar refractivity (Wildman–Crippen MR) is 111 cm³/mol. The normalized spacial score (nSPS) is 17.8. The molecule has 0 bridgehead atoms. The molecule has 1 aliphatic carbocycles. The number of para-hydroxylation sites is 2. The number of nitrogens with zero attached hydrogens (tertiary/aromatic N) is 3. The summed E-state index contributed by atoms with van der Waals surface area (Å²) in [5, 5.41) is 12.0. The van der Waals surface area contributed by atoms with Gasteiger partial charge in [0.1, 0.15) is 12.1 Å². The lowest BCUT2D eigenvalue weighted by atomic mass is 9.93. The van der Waals surface area contributed by atoms with Gasteiger partial charge in [-0.3, -0.25) is 24.6 Å². The molecule has 1 heterocycles. The molecule has 29 heavy (non-hydrogen) atoms. The van der Waals surface area contributed by atoms with E-state index < -0.39 is 10.8 Å². The van der Waals surface area contributed by atoms with Gasteiger partial charge in [-0.15, -0.1) is 0 Å². The summed E-state index contributed by atoms with van der Waals surface area (Å²) >= 11 is 6.23. The van der Waals surface area contributed by atoms with Crippen LogP contribution in [0.3, 0.4) is 0 Å². The molecule has 2 amide bonds. The van der Waals surface area contributed by atoms with Gasteiger partial charge in [-0.2, -0.15) is 0 Å². The number of fused-ring (bicyclic) bond motifs is 1. The first-order valence-electron chi connectivity index (χ1n) is 9.65. The van der Waals surface area contributed by atoms with Gasteiger partial charge in [0.2, 0.25) is 11.8 Å². The third-order valence-corrected chi connectivity index (χ3v) is 5.75. The smallest absolute Gasteiger partial charge is 0.293 e. The monoisotopic (exact) mass is 413 g/mol. The van der Waals surface area contributed by atoms with Crippen molar-refractivity contribution in [2.24, 2.45) is 0 Å². The molecule has 0 N–H and O–H groups in total. The molecule has 2 aliphatic rings. The summed E-state index contributed by atoms with van der Waals surface area (Å²) in [6.45, 7) is 0. The highest BCUT2D eigenvalue weighted by Gasteiger charge is 2.38. The van der Waals surface area contributed by atoms with Crippen molar-refractivity contribution in [3.05, 3.63) is 57.6 Å². The average Bonchev–Trinajstić information content (AvgIpc) is 2.81. The van der Waals surface area contributed by atoms with Crippen molar-refractivity contribution in [3.63, 3.8) is 0 Å². The van der Waals surface area contributed by atoms with Crippen LogP contribution in [0.4, 0.5) is 22.7 Å². The molecule has 1 fully saturated rings. The maximum absolute atomic E-state index is 13.1. The molecule has 8 heteroatoms. The molecule has 0 unspecified atom stereocenters. The first-order valence-corrected chi connectivity index (χ1v) is 10.0. The molecular formula is C21H20ClN3O4. The summed E-state index contributed by atoms with van der Waals surface area (Å²) in [7, 11) is 0. The second kappa shape index (κ2) is 7.83. The minimum atomic E-state index is -0.529. The predicted octanol–water partition coefficient (Wildman–Crippen LogP) is 4.98. The summed E-state index contributed by atoms with van der Waals surface area (Å²) in [6, 6.07) is 11.0. The Morgan fingerprint density at radius 1 is 0.931 bits per heavy atom. The van der Waals surface area contributed by atoms with Crippen LogP contribution in [0.1, 0.15) is 38.5 Å². The fraction of sp³-hybridized carbons (Fsp3) is 0.333. The van der Waals surface area contributed by atoms with Crippen molar-refractivity contribution >= 4 is 46.2 Å². The van der Waals surface area contributed by atoms with Crippen LogP contribution in [0.25, 0.3) is 0 Å². The zero-order valence-corrected chi connectivity index (χ0v) is 16.5. The van der Waals surface area contributed by atoms with Crippen molar-refractivity contribution in [2.75, 3.05) is 9.80 Å². The molecule has 1 saturated carbocycles. The van der Waals surface area contributed by atoms with E-state index in [1.807, 2.05) is 0 Å². The first kappa shape index (κ1) is 19.4. The van der Waals surface area contributed by atoms with Crippen LogP contribution >= 0.6 is 11.6 Å². The van der Waals surface area contributed by atoms with Crippen LogP contribution in [-0.4, -0.2) is 22.8 Å². The van der Waals surface area contributed by atoms with E-state index in [1.165, 1.54) is 17.0 Å². The Balaban J connectivity index is 1.91. The van der Waals surface area contributed by atoms with Gasteiger partial charge in [0.15, 0.2) is 0 Å². The number of benzene rings is 2. The fourth-order valence-electron chi connectivity index (χ4n) is 4.25. The van der Waals surface area contributed by atoms with Crippen LogP contribution in [0.2, 0.25) is 5.02 Å². The number of carbonyl (C=O) groups excluding carboxylic acids is 2. The van der Waals surface area contributed by atoms with E-state index in [4.69, 9.17) is 11.6 Å². The maximum atomic E-state index is 13.1. The minimum Gasteiger partial charge on any atom is -0.307 e. The number of nitro benzene ring substituents is 1. The summed E-state index contributed by atoms with van der Waals surface area (Å²) < 4.78 is 0. The highest BCUT2D eigenvalue weighted by atomic mass is 35.5. The Hall–Kier alpha value is -2.93. The second-order valence-electron chi connectivity index (χ2n) is 7.34. The lowest BCUT2D eigenvalue weighted by molar-refractivity contribution is -0.384. The van der Waals surface area contributed by atoms with Crippen LogP contribution in [-0.2, 0) is 9.59 Å². The van der Waals surface area contributed by atoms with Gasteiger partial charge in [0.25, 0.3) is 5.69 Å². The Morgan fingerprint density at radius 2 is 1.66 bits per heavy atom. The maximum Gasteiger partial charge on any atom is 0.293 e. The molecule has 0 spiro atoms. The molecule has 1 aliphatic heterocycles. The summed E-state index contributed by atoms with van der Waals surface area (Å²) in [4.78, 5) is 40.2. The van der Waals surface area contributed by atoms with E-state index in [1.54, 1.807) is 35.2 Å². The molecule has 150 valence electrons. The van der Waals surface area contributed by atoms with E-state index in [-0.39, 0.29) is 29.7 Å². The molecule has 2 aromatic carbocycles. The van der Waals surface area contributed by atoms with Crippen molar-refractivity contribution in [1.82, 2.24) is 0 Å². The number of hydrogen-bond acceptors (Lipinski definition) is 4. The number of amides is 2. The number of rotatable bonds is 3. The number of nitro groups is 1. The third-order valence-electron chi connectivity index (χ3n) is 5.52. The van der Waals surface area contributed by atoms with E-state index in [2.05, 4.69) is 0 Å². The van der Waals surface area contributed by atoms with Gasteiger partial charge in [-0.05, 0) is 37.1 Å². The Morgan fingerprint density at radius 3 is 2.38 bits per heavy atom. The molecule has 0 radical (unpaired) electrons. The zero-order chi connectivity index (χ0) is 20.5. The fourth-order valence-corrected chi connectivity index (χ4v) is 4.42. The van der Waals surface area contributed by atoms with Gasteiger partial charge in [-0.1, -0.05) is 43.0 Å². The zero-order valence-electron chi connectivity index (χ0n) is 15.7. The lowest BCUT2D eigenvalue weighted by Crippen LogP contribution is -2.41. The van der Waals surface area contributed by atoms with Crippen LogP contribution in [0.15, 0.2) is 42.5 Å². The van der Waals surface area contributed by atoms with E-state index in [0.717, 1.165) is 32.1 Å². The minimum absolute atomic E-state index is 0.00897. The molecule has 7 nitrogen and oxygen atoms in total. The molecular weight excluding hydrogens is 394 g/mol. The molecule has 0 aromatic heterocycles. The Labute approximate surface area is 173 Å². The second-order valence-corrected chi connectivity index (χ2v) is 7.78. The highest BCUT2D eigenvalue weighted by Crippen LogP contribution is 2.44. The van der Waals surface area contributed by atoms with Crippen molar-refractivity contribution in [2.45, 2.75) is 44.6 Å². The van der Waals surface area contributed by atoms with E-state index >= 15 is 0 Å². The topological polar surface area (TPSA) is 83.8 Å². The third kappa shape index (κ3) is 3.58. The number of carbonyl (C=O) groups is 2. The molecule has 0 saturated heterocycles. The summed E-state index contributed by atoms with van der Waals surface area (Å²) in [5.74, 6) is -0.794. The van der Waals surface area contributed by atoms with Gasteiger partial charge in [-0.25, -0.2) is 0 Å². The van der Waals surface area contributed by atoms with E-state index in [9.17, 15) is 19.7 Å². The van der Waals surface area contributed by atoms with Crippen LogP contribution in [0, 0.1) is 10.1 Å². The molecule has 0 atom stereocenters. The molecule has 2 aromatic rings. The van der Waals surface area contributed by atoms with Gasteiger partial charge < -0.3 is 4.90 Å². The van der Waals surface area contributed by atoms with Crippen LogP contribution in [0.5, 0.6) is 0 Å². The van der Waals surface area contributed by atoms with Crippen molar-refractivity contribution < 1.29 is 14.5 Å². The SMILES string of the molecule is O=C1CC(=O)N(C2CCCCC2)c2ccc(Cl)cc2N1c1ccccc1[N+](=O)[O-]. The number of anilines is 3. The van der Waals surface area contributed by atoms with Gasteiger partial charge in [0.05, 0.1) is 16.3 Å². The average molecular weight is 414 g/mol. The Bertz CT molecular complexity index is 988. The van der Waals surface area contributed by atoms with Gasteiger partial charge in [0, 0.05) is 17.1 Å². The molecule has 4 rings (SSSR count). The highest BCUT2D eigenvalue weighted by molar-refractivity contribution is 6.31. The first-order chi connectivity index (χ1) is 14.0. The van der Waals surface area contributed by atoms with Crippen molar-refractivity contribution in [1.29, 1.82) is 0 Å². The van der Waals surface area contributed by atoms with E-state index in [0.29, 0.717) is 16.4 Å². The van der Waals surface area contributed by atoms with Crippen molar-refractivity contribution in [3.8, 4) is 0 Å². The van der Waals surface area contributed by atoms with Gasteiger partial charge >= 0.3 is 0 Å². The number of hydrogen-bond donors (Lipinski definition) is 0. The number of halogens is 1. The quantitative estimate of drug-likeness (QED) is 0.403. The Kier molecular flexibility index (Phi) is 5.24. The largest absolute Gasteiger partial charge is 0.307 e. The summed E-state index contributed by atoms with van der Waals surface area (Å²) in [6.07, 6.45) is 4.57. The standard InChI is InChI=1S/C21H20ClN3O4/c22-14-10-11-17-19(12-14)24(16-8-4-5-9-18(16)25(28)29)21(27)13-20(26)23(17)15-6-2-1-3-7-15/h4-5,8-12,15H,1-3,6-7,13H2. The van der Waals surface area contributed by atoms with Crippen LogP contribution < -0.4 is 9.80 Å².